The lowest BCUT2D eigenvalue weighted by Crippen LogP contribution is -2.49. The summed E-state index contributed by atoms with van der Waals surface area (Å²) in [6.07, 6.45) is 4.68. The van der Waals surface area contributed by atoms with E-state index in [1.54, 1.807) is 36.0 Å². The van der Waals surface area contributed by atoms with Crippen LogP contribution < -0.4 is 0 Å². The molecule has 0 radical (unpaired) electrons. The molecule has 1 aliphatic heterocycles. The largest absolute Gasteiger partial charge is 0.481 e. The Bertz CT molecular complexity index is 1020. The Kier molecular flexibility index (Phi) is 9.02. The molecule has 1 N–H and O–H groups in total. The molecule has 0 unspecified atom stereocenters. The van der Waals surface area contributed by atoms with Gasteiger partial charge in [-0.25, -0.2) is 8.42 Å². The van der Waals surface area contributed by atoms with Gasteiger partial charge in [-0.05, 0) is 55.2 Å². The van der Waals surface area contributed by atoms with Crippen LogP contribution in [0.25, 0.3) is 0 Å². The maximum Gasteiger partial charge on any atom is 0.308 e. The highest BCUT2D eigenvalue weighted by atomic mass is 32.2. The van der Waals surface area contributed by atoms with E-state index in [9.17, 15) is 18.3 Å². The van der Waals surface area contributed by atoms with Crippen LogP contribution in [0.5, 0.6) is 0 Å². The number of hydrogen-bond donors (Lipinski definition) is 1. The Morgan fingerprint density at radius 1 is 1.06 bits per heavy atom. The maximum absolute atomic E-state index is 13.7. The van der Waals surface area contributed by atoms with E-state index in [2.05, 4.69) is 13.8 Å². The summed E-state index contributed by atoms with van der Waals surface area (Å²) in [5, 5.41) is 9.87. The smallest absolute Gasteiger partial charge is 0.308 e. The summed E-state index contributed by atoms with van der Waals surface area (Å²) < 4.78 is 28.8. The van der Waals surface area contributed by atoms with Crippen LogP contribution >= 0.6 is 11.8 Å². The first-order chi connectivity index (χ1) is 15.8. The van der Waals surface area contributed by atoms with Gasteiger partial charge in [0.2, 0.25) is 10.0 Å². The molecule has 1 heterocycles. The van der Waals surface area contributed by atoms with Gasteiger partial charge >= 0.3 is 5.97 Å². The summed E-state index contributed by atoms with van der Waals surface area (Å²) in [6, 6.07) is 14.5. The number of nitrogens with zero attached hydrogens (tertiary/aromatic N) is 1. The number of thioether (sulfide) groups is 1. The van der Waals surface area contributed by atoms with Crippen molar-refractivity contribution in [3.8, 4) is 0 Å². The second-order valence-electron chi connectivity index (χ2n) is 8.80. The zero-order valence-electron chi connectivity index (χ0n) is 19.7. The van der Waals surface area contributed by atoms with Gasteiger partial charge in [-0.3, -0.25) is 4.79 Å². The quantitative estimate of drug-likeness (QED) is 0.434. The summed E-state index contributed by atoms with van der Waals surface area (Å²) in [4.78, 5) is 12.4. The number of carbonyl (C=O) groups is 1. The molecule has 0 spiro atoms. The van der Waals surface area contributed by atoms with Gasteiger partial charge in [0.15, 0.2) is 0 Å². The molecule has 2 aromatic rings. The molecule has 1 fully saturated rings. The zero-order valence-corrected chi connectivity index (χ0v) is 21.4. The molecule has 7 heteroatoms. The standard InChI is InChI=1S/C26H35NO4S2/c1-4-6-7-16-32-25-17-24(21-12-10-20(5-2)11-13-21)27(18-23(25)26(28)29)33(30,31)22-14-8-19(3)9-15-22/h8-15,23-25H,4-7,16-18H2,1-3H3,(H,28,29)/t23-,24+,25-/m1/s1. The Morgan fingerprint density at radius 3 is 2.30 bits per heavy atom. The lowest BCUT2D eigenvalue weighted by Gasteiger charge is -2.42. The molecular weight excluding hydrogens is 454 g/mol. The highest BCUT2D eigenvalue weighted by Gasteiger charge is 2.45. The monoisotopic (exact) mass is 489 g/mol. The average Bonchev–Trinajstić information content (AvgIpc) is 2.81. The second kappa shape index (κ2) is 11.5. The number of carboxylic acid groups (broad SMARTS) is 1. The third-order valence-electron chi connectivity index (χ3n) is 6.43. The molecule has 3 rings (SSSR count). The van der Waals surface area contributed by atoms with E-state index >= 15 is 0 Å². The molecule has 33 heavy (non-hydrogen) atoms. The summed E-state index contributed by atoms with van der Waals surface area (Å²) in [5.74, 6) is -0.760. The number of rotatable bonds is 10. The normalized spacial score (nSPS) is 21.7. The van der Waals surface area contributed by atoms with Gasteiger partial charge in [0.25, 0.3) is 0 Å². The van der Waals surface area contributed by atoms with E-state index in [0.29, 0.717) is 6.42 Å². The predicted octanol–water partition coefficient (Wildman–Crippen LogP) is 5.69. The lowest BCUT2D eigenvalue weighted by molar-refractivity contribution is -0.143. The molecule has 0 aliphatic carbocycles. The maximum atomic E-state index is 13.7. The predicted molar refractivity (Wildman–Crippen MR) is 135 cm³/mol. The van der Waals surface area contributed by atoms with Crippen LogP contribution in [0.15, 0.2) is 53.4 Å². The van der Waals surface area contributed by atoms with Gasteiger partial charge < -0.3 is 5.11 Å². The van der Waals surface area contributed by atoms with Crippen LogP contribution in [0.2, 0.25) is 0 Å². The SMILES string of the molecule is CCCCCS[C@@H]1C[C@@H](c2ccc(CC)cc2)N(S(=O)(=O)c2ccc(C)cc2)C[C@H]1C(=O)O. The number of hydrogen-bond acceptors (Lipinski definition) is 4. The van der Waals surface area contributed by atoms with Crippen molar-refractivity contribution in [2.45, 2.75) is 69.1 Å². The summed E-state index contributed by atoms with van der Waals surface area (Å²) >= 11 is 1.69. The van der Waals surface area contributed by atoms with E-state index in [1.807, 2.05) is 31.2 Å². The van der Waals surface area contributed by atoms with E-state index in [-0.39, 0.29) is 22.7 Å². The van der Waals surface area contributed by atoms with Crippen molar-refractivity contribution in [1.82, 2.24) is 4.31 Å². The lowest BCUT2D eigenvalue weighted by atomic mass is 9.90. The van der Waals surface area contributed by atoms with Gasteiger partial charge in [0.1, 0.15) is 0 Å². The van der Waals surface area contributed by atoms with Gasteiger partial charge in [0.05, 0.1) is 16.9 Å². The van der Waals surface area contributed by atoms with Crippen molar-refractivity contribution < 1.29 is 18.3 Å². The van der Waals surface area contributed by atoms with Gasteiger partial charge in [-0.2, -0.15) is 16.1 Å². The zero-order chi connectivity index (χ0) is 24.0. The third kappa shape index (κ3) is 6.19. The van der Waals surface area contributed by atoms with Crippen LogP contribution in [-0.2, 0) is 21.2 Å². The third-order valence-corrected chi connectivity index (χ3v) is 9.79. The number of sulfonamides is 1. The molecule has 2 aromatic carbocycles. The molecule has 0 bridgehead atoms. The molecule has 1 aliphatic rings. The number of benzene rings is 2. The first kappa shape index (κ1) is 25.8. The number of unbranched alkanes of at least 4 members (excludes halogenated alkanes) is 2. The van der Waals surface area contributed by atoms with Crippen molar-refractivity contribution >= 4 is 27.8 Å². The van der Waals surface area contributed by atoms with Crippen molar-refractivity contribution in [2.75, 3.05) is 12.3 Å². The molecule has 0 amide bonds. The first-order valence-corrected chi connectivity index (χ1v) is 14.3. The summed E-state index contributed by atoms with van der Waals surface area (Å²) in [6.45, 7) is 6.13. The van der Waals surface area contributed by atoms with E-state index in [4.69, 9.17) is 0 Å². The topological polar surface area (TPSA) is 74.7 Å². The molecule has 0 aromatic heterocycles. The van der Waals surface area contributed by atoms with Crippen LogP contribution in [0.1, 0.15) is 62.3 Å². The molecule has 3 atom stereocenters. The van der Waals surface area contributed by atoms with Crippen LogP contribution in [-0.4, -0.2) is 41.3 Å². The second-order valence-corrected chi connectivity index (χ2v) is 12.0. The van der Waals surface area contributed by atoms with Gasteiger partial charge in [0, 0.05) is 11.8 Å². The van der Waals surface area contributed by atoms with Crippen LogP contribution in [0, 0.1) is 12.8 Å². The Hall–Kier alpha value is -1.83. The summed E-state index contributed by atoms with van der Waals surface area (Å²) in [7, 11) is -3.85. The number of piperidine rings is 1. The molecule has 1 saturated heterocycles. The Labute approximate surface area is 202 Å². The van der Waals surface area contributed by atoms with E-state index in [1.165, 1.54) is 9.87 Å². The fourth-order valence-electron chi connectivity index (χ4n) is 4.34. The Morgan fingerprint density at radius 2 is 1.73 bits per heavy atom. The van der Waals surface area contributed by atoms with Crippen molar-refractivity contribution in [2.24, 2.45) is 5.92 Å². The van der Waals surface area contributed by atoms with Gasteiger partial charge in [-0.15, -0.1) is 0 Å². The fraction of sp³-hybridized carbons (Fsp3) is 0.500. The Balaban J connectivity index is 1.98. The van der Waals surface area contributed by atoms with Gasteiger partial charge in [-0.1, -0.05) is 68.7 Å². The number of aryl methyl sites for hydroxylation is 2. The molecular formula is C26H35NO4S2. The van der Waals surface area contributed by atoms with E-state index in [0.717, 1.165) is 42.6 Å². The minimum absolute atomic E-state index is 0.0167. The van der Waals surface area contributed by atoms with Crippen molar-refractivity contribution in [3.63, 3.8) is 0 Å². The minimum Gasteiger partial charge on any atom is -0.481 e. The molecule has 180 valence electrons. The summed E-state index contributed by atoms with van der Waals surface area (Å²) in [5.41, 5.74) is 3.09. The molecule has 5 nitrogen and oxygen atoms in total. The highest BCUT2D eigenvalue weighted by molar-refractivity contribution is 7.99. The number of carboxylic acids is 1. The average molecular weight is 490 g/mol. The van der Waals surface area contributed by atoms with E-state index < -0.39 is 21.9 Å². The molecule has 0 saturated carbocycles. The fourth-order valence-corrected chi connectivity index (χ4v) is 7.41. The van der Waals surface area contributed by atoms with Crippen LogP contribution in [0.3, 0.4) is 0 Å². The highest BCUT2D eigenvalue weighted by Crippen LogP contribution is 2.42. The van der Waals surface area contributed by atoms with Crippen LogP contribution in [0.4, 0.5) is 0 Å². The number of aliphatic carboxylic acids is 1. The first-order valence-electron chi connectivity index (χ1n) is 11.8. The van der Waals surface area contributed by atoms with Crippen molar-refractivity contribution in [1.29, 1.82) is 0 Å². The minimum atomic E-state index is -3.85. The van der Waals surface area contributed by atoms with Crippen molar-refractivity contribution in [3.05, 3.63) is 65.2 Å².